The van der Waals surface area contributed by atoms with Gasteiger partial charge in [0.25, 0.3) is 0 Å². The lowest BCUT2D eigenvalue weighted by Crippen LogP contribution is -2.48. The van der Waals surface area contributed by atoms with Gasteiger partial charge in [-0.05, 0) is 26.2 Å². The fourth-order valence-corrected chi connectivity index (χ4v) is 1.59. The van der Waals surface area contributed by atoms with Crippen LogP contribution >= 0.6 is 0 Å². The van der Waals surface area contributed by atoms with E-state index in [0.29, 0.717) is 0 Å². The first-order chi connectivity index (χ1) is 9.26. The van der Waals surface area contributed by atoms with Crippen molar-refractivity contribution >= 4 is 5.97 Å². The van der Waals surface area contributed by atoms with Gasteiger partial charge in [0, 0.05) is 5.57 Å². The molecular weight excluding hydrogens is 260 g/mol. The van der Waals surface area contributed by atoms with Gasteiger partial charge in [0.05, 0.1) is 6.61 Å². The number of esters is 1. The number of unbranched alkanes of at least 4 members (excludes halogenated alkanes) is 1. The maximum atomic E-state index is 11.5. The van der Waals surface area contributed by atoms with Gasteiger partial charge in [-0.15, -0.1) is 0 Å². The summed E-state index contributed by atoms with van der Waals surface area (Å²) >= 11 is 0. The van der Waals surface area contributed by atoms with Crippen LogP contribution in [0.4, 0.5) is 0 Å². The Bertz CT molecular complexity index is 313. The van der Waals surface area contributed by atoms with E-state index in [9.17, 15) is 15.0 Å². The Morgan fingerprint density at radius 3 is 2.40 bits per heavy atom. The number of hydrogen-bond acceptors (Lipinski definition) is 5. The Morgan fingerprint density at radius 1 is 1.40 bits per heavy atom. The molecule has 5 heteroatoms. The SMILES string of the molecule is C=C(C)C(=O)OC(O)(OCC(CC)CCCC)C(C)O. The Morgan fingerprint density at radius 2 is 2.00 bits per heavy atom. The fourth-order valence-electron chi connectivity index (χ4n) is 1.59. The highest BCUT2D eigenvalue weighted by Gasteiger charge is 2.39. The van der Waals surface area contributed by atoms with Gasteiger partial charge < -0.3 is 19.7 Å². The molecule has 0 amide bonds. The van der Waals surface area contributed by atoms with Crippen molar-refractivity contribution in [2.24, 2.45) is 5.92 Å². The molecular formula is C15H28O5. The molecule has 2 N–H and O–H groups in total. The molecule has 0 aromatic rings. The van der Waals surface area contributed by atoms with E-state index in [-0.39, 0.29) is 18.1 Å². The van der Waals surface area contributed by atoms with E-state index < -0.39 is 18.0 Å². The number of aliphatic hydroxyl groups is 2. The second-order valence-corrected chi connectivity index (χ2v) is 5.20. The molecule has 5 nitrogen and oxygen atoms in total. The van der Waals surface area contributed by atoms with Gasteiger partial charge in [0.2, 0.25) is 0 Å². The standard InChI is InChI=1S/C15H28O5/c1-6-8-9-13(7-2)10-19-15(18,12(5)16)20-14(17)11(3)4/h12-13,16,18H,3,6-10H2,1-2,4-5H3. The summed E-state index contributed by atoms with van der Waals surface area (Å²) in [5.41, 5.74) is 0.130. The van der Waals surface area contributed by atoms with Crippen molar-refractivity contribution in [3.05, 3.63) is 12.2 Å². The van der Waals surface area contributed by atoms with Gasteiger partial charge in [0.15, 0.2) is 0 Å². The minimum Gasteiger partial charge on any atom is -0.402 e. The minimum atomic E-state index is -2.32. The molecule has 0 saturated carbocycles. The first-order valence-electron chi connectivity index (χ1n) is 7.20. The zero-order chi connectivity index (χ0) is 15.8. The lowest BCUT2D eigenvalue weighted by atomic mass is 10.0. The van der Waals surface area contributed by atoms with E-state index in [1.165, 1.54) is 13.8 Å². The highest BCUT2D eigenvalue weighted by Crippen LogP contribution is 2.21. The molecule has 0 aliphatic heterocycles. The van der Waals surface area contributed by atoms with Crippen molar-refractivity contribution in [3.63, 3.8) is 0 Å². The summed E-state index contributed by atoms with van der Waals surface area (Å²) in [4.78, 5) is 11.5. The normalized spacial score (nSPS) is 17.1. The van der Waals surface area contributed by atoms with Gasteiger partial charge in [-0.1, -0.05) is 39.7 Å². The van der Waals surface area contributed by atoms with Crippen molar-refractivity contribution in [2.75, 3.05) is 6.61 Å². The lowest BCUT2D eigenvalue weighted by molar-refractivity contribution is -0.376. The van der Waals surface area contributed by atoms with Gasteiger partial charge in [-0.2, -0.15) is 0 Å². The maximum absolute atomic E-state index is 11.5. The topological polar surface area (TPSA) is 76.0 Å². The Balaban J connectivity index is 4.59. The molecule has 0 aromatic heterocycles. The Kier molecular flexibility index (Phi) is 8.69. The molecule has 118 valence electrons. The van der Waals surface area contributed by atoms with Crippen molar-refractivity contribution in [3.8, 4) is 0 Å². The molecule has 0 bridgehead atoms. The molecule has 0 rings (SSSR count). The molecule has 0 spiro atoms. The van der Waals surface area contributed by atoms with Gasteiger partial charge >= 0.3 is 11.9 Å². The van der Waals surface area contributed by atoms with E-state index in [4.69, 9.17) is 9.47 Å². The van der Waals surface area contributed by atoms with Crippen LogP contribution in [0.5, 0.6) is 0 Å². The molecule has 0 aliphatic rings. The summed E-state index contributed by atoms with van der Waals surface area (Å²) in [7, 11) is 0. The lowest BCUT2D eigenvalue weighted by Gasteiger charge is -2.31. The Hall–Kier alpha value is -0.910. The zero-order valence-corrected chi connectivity index (χ0v) is 13.0. The van der Waals surface area contributed by atoms with Crippen LogP contribution in [-0.2, 0) is 14.3 Å². The van der Waals surface area contributed by atoms with Crippen LogP contribution in [-0.4, -0.2) is 34.9 Å². The van der Waals surface area contributed by atoms with Crippen LogP contribution in [0.2, 0.25) is 0 Å². The van der Waals surface area contributed by atoms with Crippen molar-refractivity contribution in [1.29, 1.82) is 0 Å². The predicted molar refractivity (Wildman–Crippen MR) is 76.8 cm³/mol. The quantitative estimate of drug-likeness (QED) is 0.367. The van der Waals surface area contributed by atoms with Gasteiger partial charge in [0.1, 0.15) is 6.10 Å². The van der Waals surface area contributed by atoms with Crippen molar-refractivity contribution in [1.82, 2.24) is 0 Å². The Labute approximate surface area is 121 Å². The van der Waals surface area contributed by atoms with Crippen LogP contribution in [0.1, 0.15) is 53.4 Å². The number of rotatable bonds is 10. The molecule has 3 atom stereocenters. The van der Waals surface area contributed by atoms with E-state index in [0.717, 1.165) is 25.7 Å². The van der Waals surface area contributed by atoms with Crippen LogP contribution in [0.15, 0.2) is 12.2 Å². The molecule has 0 fully saturated rings. The fraction of sp³-hybridized carbons (Fsp3) is 0.800. The predicted octanol–water partition coefficient (Wildman–Crippen LogP) is 2.37. The molecule has 20 heavy (non-hydrogen) atoms. The summed E-state index contributed by atoms with van der Waals surface area (Å²) in [6.07, 6.45) is 2.67. The highest BCUT2D eigenvalue weighted by molar-refractivity contribution is 5.87. The number of carbonyl (C=O) groups is 1. The zero-order valence-electron chi connectivity index (χ0n) is 13.0. The van der Waals surface area contributed by atoms with Crippen LogP contribution in [0.25, 0.3) is 0 Å². The number of ether oxygens (including phenoxy) is 2. The largest absolute Gasteiger partial charge is 0.402 e. The summed E-state index contributed by atoms with van der Waals surface area (Å²) in [5, 5.41) is 19.7. The van der Waals surface area contributed by atoms with E-state index >= 15 is 0 Å². The number of carbonyl (C=O) groups excluding carboxylic acids is 1. The summed E-state index contributed by atoms with van der Waals surface area (Å²) in [6, 6.07) is 0. The first kappa shape index (κ1) is 19.1. The second kappa shape index (κ2) is 9.10. The average Bonchev–Trinajstić information content (AvgIpc) is 2.38. The number of hydrogen-bond donors (Lipinski definition) is 2. The van der Waals surface area contributed by atoms with E-state index in [1.807, 2.05) is 6.92 Å². The third kappa shape index (κ3) is 6.50. The third-order valence-corrected chi connectivity index (χ3v) is 3.18. The summed E-state index contributed by atoms with van der Waals surface area (Å²) in [5.74, 6) is -2.87. The summed E-state index contributed by atoms with van der Waals surface area (Å²) in [6.45, 7) is 10.6. The van der Waals surface area contributed by atoms with Crippen molar-refractivity contribution in [2.45, 2.75) is 65.5 Å². The number of aliphatic hydroxyl groups excluding tert-OH is 1. The van der Waals surface area contributed by atoms with E-state index in [2.05, 4.69) is 13.5 Å². The molecule has 0 aliphatic carbocycles. The molecule has 0 heterocycles. The first-order valence-corrected chi connectivity index (χ1v) is 7.20. The van der Waals surface area contributed by atoms with E-state index in [1.54, 1.807) is 0 Å². The monoisotopic (exact) mass is 288 g/mol. The highest BCUT2D eigenvalue weighted by atomic mass is 16.8. The smallest absolute Gasteiger partial charge is 0.354 e. The van der Waals surface area contributed by atoms with Gasteiger partial charge in [-0.25, -0.2) is 4.79 Å². The van der Waals surface area contributed by atoms with Crippen LogP contribution in [0.3, 0.4) is 0 Å². The average molecular weight is 288 g/mol. The second-order valence-electron chi connectivity index (χ2n) is 5.20. The van der Waals surface area contributed by atoms with Crippen LogP contribution in [0, 0.1) is 5.92 Å². The summed E-state index contributed by atoms with van der Waals surface area (Å²) < 4.78 is 10.1. The maximum Gasteiger partial charge on any atom is 0.354 e. The molecule has 0 aromatic carbocycles. The minimum absolute atomic E-state index is 0.130. The third-order valence-electron chi connectivity index (χ3n) is 3.18. The molecule has 3 unspecified atom stereocenters. The van der Waals surface area contributed by atoms with Gasteiger partial charge in [-0.3, -0.25) is 0 Å². The van der Waals surface area contributed by atoms with Crippen LogP contribution < -0.4 is 0 Å². The molecule has 0 radical (unpaired) electrons. The van der Waals surface area contributed by atoms with Crippen molar-refractivity contribution < 1.29 is 24.5 Å². The molecule has 0 saturated heterocycles.